The van der Waals surface area contributed by atoms with Crippen LogP contribution in [0.4, 0.5) is 4.79 Å². The number of piperidine rings is 1. The predicted molar refractivity (Wildman–Crippen MR) is 71.1 cm³/mol. The molecule has 1 aliphatic rings. The molecule has 1 saturated heterocycles. The molecule has 0 saturated carbocycles. The van der Waals surface area contributed by atoms with Crippen LogP contribution in [0.3, 0.4) is 0 Å². The minimum Gasteiger partial charge on any atom is -0.481 e. The van der Waals surface area contributed by atoms with Gasteiger partial charge < -0.3 is 19.6 Å². The van der Waals surface area contributed by atoms with E-state index >= 15 is 0 Å². The van der Waals surface area contributed by atoms with Gasteiger partial charge in [-0.15, -0.1) is 0 Å². The first kappa shape index (κ1) is 15.8. The Balaban J connectivity index is 2.54. The van der Waals surface area contributed by atoms with Gasteiger partial charge in [-0.3, -0.25) is 4.79 Å². The number of urea groups is 1. The van der Waals surface area contributed by atoms with Gasteiger partial charge >= 0.3 is 12.0 Å². The third kappa shape index (κ3) is 4.70. The highest BCUT2D eigenvalue weighted by molar-refractivity contribution is 5.76. The van der Waals surface area contributed by atoms with Crippen molar-refractivity contribution >= 4 is 12.0 Å². The highest BCUT2D eigenvalue weighted by Crippen LogP contribution is 2.16. The van der Waals surface area contributed by atoms with Crippen LogP contribution in [0.15, 0.2) is 0 Å². The number of carboxylic acid groups (broad SMARTS) is 1. The van der Waals surface area contributed by atoms with Crippen molar-refractivity contribution in [3.63, 3.8) is 0 Å². The maximum Gasteiger partial charge on any atom is 0.320 e. The lowest BCUT2D eigenvalue weighted by Gasteiger charge is -2.36. The van der Waals surface area contributed by atoms with Gasteiger partial charge in [-0.25, -0.2) is 4.79 Å². The van der Waals surface area contributed by atoms with Crippen LogP contribution in [0.25, 0.3) is 0 Å². The van der Waals surface area contributed by atoms with Gasteiger partial charge in [0.2, 0.25) is 0 Å². The smallest absolute Gasteiger partial charge is 0.320 e. The molecule has 6 nitrogen and oxygen atoms in total. The zero-order chi connectivity index (χ0) is 14.4. The first-order valence-corrected chi connectivity index (χ1v) is 6.75. The van der Waals surface area contributed by atoms with E-state index in [2.05, 4.69) is 0 Å². The van der Waals surface area contributed by atoms with Crippen molar-refractivity contribution in [3.8, 4) is 0 Å². The Morgan fingerprint density at radius 2 is 1.95 bits per heavy atom. The molecule has 1 aliphatic heterocycles. The van der Waals surface area contributed by atoms with Crippen molar-refractivity contribution in [3.05, 3.63) is 0 Å². The number of carboxylic acids is 1. The Labute approximate surface area is 114 Å². The first-order valence-electron chi connectivity index (χ1n) is 6.75. The number of hydrogen-bond donors (Lipinski definition) is 1. The number of ether oxygens (including phenoxy) is 1. The molecular formula is C13H24N2O4. The number of carbonyl (C=O) groups excluding carboxylic acids is 1. The molecule has 1 heterocycles. The van der Waals surface area contributed by atoms with Gasteiger partial charge in [0.05, 0.1) is 12.5 Å². The van der Waals surface area contributed by atoms with Crippen LogP contribution in [0.2, 0.25) is 0 Å². The van der Waals surface area contributed by atoms with Crippen molar-refractivity contribution < 1.29 is 19.4 Å². The lowest BCUT2D eigenvalue weighted by atomic mass is 10.1. The fourth-order valence-corrected chi connectivity index (χ4v) is 2.26. The van der Waals surface area contributed by atoms with Crippen molar-refractivity contribution in [2.45, 2.75) is 45.3 Å². The topological polar surface area (TPSA) is 70.1 Å². The van der Waals surface area contributed by atoms with Crippen LogP contribution in [0.5, 0.6) is 0 Å². The molecule has 1 fully saturated rings. The lowest BCUT2D eigenvalue weighted by Crippen LogP contribution is -2.50. The Kier molecular flexibility index (Phi) is 6.08. The number of aliphatic carboxylic acids is 1. The molecular weight excluding hydrogens is 248 g/mol. The predicted octanol–water partition coefficient (Wildman–Crippen LogP) is 1.40. The molecule has 110 valence electrons. The van der Waals surface area contributed by atoms with Crippen molar-refractivity contribution in [2.24, 2.45) is 0 Å². The minimum absolute atomic E-state index is 0.00648. The highest BCUT2D eigenvalue weighted by Gasteiger charge is 2.27. The minimum atomic E-state index is -0.878. The zero-order valence-corrected chi connectivity index (χ0v) is 12.0. The Morgan fingerprint density at radius 1 is 1.37 bits per heavy atom. The standard InChI is InChI=1S/C13H24N2O4/c1-10(2)15(9-6-12(16)17)13(18)14-7-4-11(19-3)5-8-14/h10-11H,4-9H2,1-3H3,(H,16,17). The van der Waals surface area contributed by atoms with Gasteiger partial charge in [-0.1, -0.05) is 0 Å². The second kappa shape index (κ2) is 7.33. The molecule has 19 heavy (non-hydrogen) atoms. The molecule has 1 rings (SSSR count). The SMILES string of the molecule is COC1CCN(C(=O)N(CCC(=O)O)C(C)C)CC1. The van der Waals surface area contributed by atoms with Gasteiger partial charge in [-0.05, 0) is 26.7 Å². The van der Waals surface area contributed by atoms with E-state index in [0.29, 0.717) is 13.1 Å². The normalized spacial score (nSPS) is 16.7. The van der Waals surface area contributed by atoms with Crippen LogP contribution >= 0.6 is 0 Å². The fraction of sp³-hybridized carbons (Fsp3) is 0.846. The van der Waals surface area contributed by atoms with E-state index < -0.39 is 5.97 Å². The second-order valence-corrected chi connectivity index (χ2v) is 5.14. The number of hydrogen-bond acceptors (Lipinski definition) is 3. The maximum atomic E-state index is 12.4. The summed E-state index contributed by atoms with van der Waals surface area (Å²) in [4.78, 5) is 26.4. The summed E-state index contributed by atoms with van der Waals surface area (Å²) in [6.45, 7) is 5.42. The summed E-state index contributed by atoms with van der Waals surface area (Å²) in [6.07, 6.45) is 1.90. The summed E-state index contributed by atoms with van der Waals surface area (Å²) >= 11 is 0. The molecule has 0 aliphatic carbocycles. The summed E-state index contributed by atoms with van der Waals surface area (Å²) < 4.78 is 5.28. The average Bonchev–Trinajstić information content (AvgIpc) is 2.38. The van der Waals surface area contributed by atoms with Crippen molar-refractivity contribution in [1.82, 2.24) is 9.80 Å². The lowest BCUT2D eigenvalue weighted by molar-refractivity contribution is -0.137. The molecule has 2 amide bonds. The number of methoxy groups -OCH3 is 1. The summed E-state index contributed by atoms with van der Waals surface area (Å²) in [6, 6.07) is -0.0576. The average molecular weight is 272 g/mol. The zero-order valence-electron chi connectivity index (χ0n) is 12.0. The molecule has 0 atom stereocenters. The summed E-state index contributed by atoms with van der Waals surface area (Å²) in [5, 5.41) is 8.73. The molecule has 0 radical (unpaired) electrons. The van der Waals surface area contributed by atoms with Crippen LogP contribution in [-0.4, -0.2) is 65.8 Å². The first-order chi connectivity index (χ1) is 8.95. The Morgan fingerprint density at radius 3 is 2.37 bits per heavy atom. The van der Waals surface area contributed by atoms with E-state index in [0.717, 1.165) is 12.8 Å². The van der Waals surface area contributed by atoms with Crippen LogP contribution in [0, 0.1) is 0 Å². The van der Waals surface area contributed by atoms with Gasteiger partial charge in [0, 0.05) is 32.8 Å². The largest absolute Gasteiger partial charge is 0.481 e. The molecule has 0 aromatic rings. The Bertz CT molecular complexity index is 312. The molecule has 0 unspecified atom stereocenters. The molecule has 0 bridgehead atoms. The van der Waals surface area contributed by atoms with E-state index in [1.54, 1.807) is 16.9 Å². The van der Waals surface area contributed by atoms with Crippen LogP contribution in [-0.2, 0) is 9.53 Å². The number of likely N-dealkylation sites (tertiary alicyclic amines) is 1. The monoisotopic (exact) mass is 272 g/mol. The fourth-order valence-electron chi connectivity index (χ4n) is 2.26. The van der Waals surface area contributed by atoms with Crippen molar-refractivity contribution in [2.75, 3.05) is 26.7 Å². The molecule has 0 spiro atoms. The van der Waals surface area contributed by atoms with Crippen LogP contribution in [0.1, 0.15) is 33.1 Å². The molecule has 0 aromatic carbocycles. The van der Waals surface area contributed by atoms with Crippen molar-refractivity contribution in [1.29, 1.82) is 0 Å². The Hall–Kier alpha value is -1.30. The number of carbonyl (C=O) groups is 2. The summed E-state index contributed by atoms with van der Waals surface area (Å²) in [7, 11) is 1.69. The van der Waals surface area contributed by atoms with Crippen LogP contribution < -0.4 is 0 Å². The van der Waals surface area contributed by atoms with Gasteiger partial charge in [0.25, 0.3) is 0 Å². The number of nitrogens with zero attached hydrogens (tertiary/aromatic N) is 2. The molecule has 6 heteroatoms. The number of rotatable bonds is 5. The number of amides is 2. The van der Waals surface area contributed by atoms with E-state index in [9.17, 15) is 9.59 Å². The maximum absolute atomic E-state index is 12.4. The second-order valence-electron chi connectivity index (χ2n) is 5.14. The third-order valence-electron chi connectivity index (χ3n) is 3.48. The van der Waals surface area contributed by atoms with E-state index in [1.807, 2.05) is 13.8 Å². The van der Waals surface area contributed by atoms with Gasteiger partial charge in [0.1, 0.15) is 0 Å². The third-order valence-corrected chi connectivity index (χ3v) is 3.48. The quantitative estimate of drug-likeness (QED) is 0.821. The van der Waals surface area contributed by atoms with E-state index in [4.69, 9.17) is 9.84 Å². The van der Waals surface area contributed by atoms with Gasteiger partial charge in [0.15, 0.2) is 0 Å². The van der Waals surface area contributed by atoms with Gasteiger partial charge in [-0.2, -0.15) is 0 Å². The van der Waals surface area contributed by atoms with E-state index in [-0.39, 0.29) is 31.1 Å². The summed E-state index contributed by atoms with van der Waals surface area (Å²) in [5.41, 5.74) is 0. The molecule has 1 N–H and O–H groups in total. The highest BCUT2D eigenvalue weighted by atomic mass is 16.5. The van der Waals surface area contributed by atoms with E-state index in [1.165, 1.54) is 0 Å². The summed E-state index contributed by atoms with van der Waals surface area (Å²) in [5.74, 6) is -0.878. The molecule has 0 aromatic heterocycles.